The third-order valence-electron chi connectivity index (χ3n) is 4.25. The molecule has 0 aliphatic carbocycles. The number of carboxylic acid groups (broad SMARTS) is 1. The van der Waals surface area contributed by atoms with E-state index in [1.54, 1.807) is 4.90 Å². The van der Waals surface area contributed by atoms with E-state index >= 15 is 0 Å². The molecular weight excluding hydrogens is 256 g/mol. The van der Waals surface area contributed by atoms with Crippen LogP contribution in [0.4, 0.5) is 4.79 Å². The highest BCUT2D eigenvalue weighted by molar-refractivity contribution is 5.76. The van der Waals surface area contributed by atoms with E-state index in [9.17, 15) is 9.59 Å². The highest BCUT2D eigenvalue weighted by Gasteiger charge is 2.30. The number of hydrogen-bond donors (Lipinski definition) is 2. The average Bonchev–Trinajstić information content (AvgIpc) is 2.75. The van der Waals surface area contributed by atoms with Crippen molar-refractivity contribution in [3.05, 3.63) is 0 Å². The molecule has 0 bridgehead atoms. The van der Waals surface area contributed by atoms with E-state index in [2.05, 4.69) is 33.0 Å². The predicted molar refractivity (Wildman–Crippen MR) is 78.5 cm³/mol. The zero-order valence-electron chi connectivity index (χ0n) is 13.1. The van der Waals surface area contributed by atoms with Crippen molar-refractivity contribution >= 4 is 12.0 Å². The van der Waals surface area contributed by atoms with Crippen LogP contribution in [-0.2, 0) is 4.79 Å². The van der Waals surface area contributed by atoms with E-state index in [0.717, 1.165) is 12.8 Å². The fourth-order valence-electron chi connectivity index (χ4n) is 3.06. The number of carbonyl (C=O) groups is 2. The fourth-order valence-corrected chi connectivity index (χ4v) is 3.06. The third-order valence-corrected chi connectivity index (χ3v) is 4.25. The van der Waals surface area contributed by atoms with E-state index in [4.69, 9.17) is 5.11 Å². The van der Waals surface area contributed by atoms with Gasteiger partial charge in [0.2, 0.25) is 0 Å². The second kappa shape index (κ2) is 7.50. The molecule has 5 nitrogen and oxygen atoms in total. The summed E-state index contributed by atoms with van der Waals surface area (Å²) in [5.41, 5.74) is 0. The molecule has 2 N–H and O–H groups in total. The maximum Gasteiger partial charge on any atom is 0.317 e. The van der Waals surface area contributed by atoms with E-state index < -0.39 is 5.97 Å². The summed E-state index contributed by atoms with van der Waals surface area (Å²) in [6.07, 6.45) is 1.73. The highest BCUT2D eigenvalue weighted by Crippen LogP contribution is 2.22. The van der Waals surface area contributed by atoms with Gasteiger partial charge >= 0.3 is 12.0 Å². The number of likely N-dealkylation sites (tertiary alicyclic amines) is 1. The van der Waals surface area contributed by atoms with Crippen molar-refractivity contribution in [2.45, 2.75) is 53.0 Å². The maximum atomic E-state index is 12.2. The Kier molecular flexibility index (Phi) is 6.30. The Morgan fingerprint density at radius 3 is 2.35 bits per heavy atom. The Morgan fingerprint density at radius 2 is 1.85 bits per heavy atom. The Bertz CT molecular complexity index is 334. The summed E-state index contributed by atoms with van der Waals surface area (Å²) in [6.45, 7) is 9.99. The van der Waals surface area contributed by atoms with Gasteiger partial charge < -0.3 is 15.3 Å². The van der Waals surface area contributed by atoms with Crippen LogP contribution in [0, 0.1) is 17.8 Å². The monoisotopic (exact) mass is 284 g/mol. The summed E-state index contributed by atoms with van der Waals surface area (Å²) in [4.78, 5) is 24.7. The molecule has 1 rings (SSSR count). The lowest BCUT2D eigenvalue weighted by atomic mass is 9.85. The summed E-state index contributed by atoms with van der Waals surface area (Å²) in [6, 6.07) is -0.260. The first kappa shape index (κ1) is 16.8. The summed E-state index contributed by atoms with van der Waals surface area (Å²) in [5.74, 6) is 0.642. The van der Waals surface area contributed by atoms with Crippen LogP contribution in [0.1, 0.15) is 47.0 Å². The fraction of sp³-hybridized carbons (Fsp3) is 0.867. The Morgan fingerprint density at radius 1 is 1.25 bits per heavy atom. The zero-order chi connectivity index (χ0) is 15.3. The van der Waals surface area contributed by atoms with Gasteiger partial charge in [-0.2, -0.15) is 0 Å². The van der Waals surface area contributed by atoms with Crippen LogP contribution >= 0.6 is 0 Å². The van der Waals surface area contributed by atoms with Gasteiger partial charge in [0.15, 0.2) is 0 Å². The van der Waals surface area contributed by atoms with Crippen molar-refractivity contribution in [3.63, 3.8) is 0 Å². The van der Waals surface area contributed by atoms with Crippen LogP contribution in [0.25, 0.3) is 0 Å². The Balaban J connectivity index is 2.51. The molecule has 20 heavy (non-hydrogen) atoms. The van der Waals surface area contributed by atoms with Crippen LogP contribution in [0.5, 0.6) is 0 Å². The molecule has 1 atom stereocenters. The molecule has 0 spiro atoms. The van der Waals surface area contributed by atoms with Gasteiger partial charge in [-0.25, -0.2) is 4.79 Å². The lowest BCUT2D eigenvalue weighted by Gasteiger charge is -2.28. The third kappa shape index (κ3) is 4.69. The number of carbonyl (C=O) groups excluding carboxylic acids is 1. The number of hydrogen-bond acceptors (Lipinski definition) is 2. The number of urea groups is 1. The minimum atomic E-state index is -0.836. The molecule has 0 saturated carbocycles. The molecule has 1 unspecified atom stereocenters. The second-order valence-electron chi connectivity index (χ2n) is 6.43. The largest absolute Gasteiger partial charge is 0.481 e. The van der Waals surface area contributed by atoms with E-state index in [1.807, 2.05) is 0 Å². The second-order valence-corrected chi connectivity index (χ2v) is 6.43. The smallest absolute Gasteiger partial charge is 0.317 e. The zero-order valence-corrected chi connectivity index (χ0v) is 13.1. The van der Waals surface area contributed by atoms with E-state index in [-0.39, 0.29) is 18.5 Å². The SMILES string of the molecule is CC(C)C(CNC(=O)N1CCCC1CC(=O)O)C(C)C. The van der Waals surface area contributed by atoms with Crippen molar-refractivity contribution in [1.82, 2.24) is 10.2 Å². The van der Waals surface area contributed by atoms with Gasteiger partial charge in [0.05, 0.1) is 6.42 Å². The first-order chi connectivity index (χ1) is 9.32. The van der Waals surface area contributed by atoms with E-state index in [1.165, 1.54) is 0 Å². The maximum absolute atomic E-state index is 12.2. The first-order valence-electron chi connectivity index (χ1n) is 7.59. The molecule has 1 fully saturated rings. The summed E-state index contributed by atoms with van der Waals surface area (Å²) in [7, 11) is 0. The summed E-state index contributed by atoms with van der Waals surface area (Å²) < 4.78 is 0. The highest BCUT2D eigenvalue weighted by atomic mass is 16.4. The summed E-state index contributed by atoms with van der Waals surface area (Å²) >= 11 is 0. The standard InChI is InChI=1S/C15H28N2O3/c1-10(2)13(11(3)4)9-16-15(20)17-7-5-6-12(17)8-14(18)19/h10-13H,5-9H2,1-4H3,(H,16,20)(H,18,19). The lowest BCUT2D eigenvalue weighted by molar-refractivity contribution is -0.137. The number of aliphatic carboxylic acids is 1. The van der Waals surface area contributed by atoms with Gasteiger partial charge in [-0.05, 0) is 30.6 Å². The minimum absolute atomic E-state index is 0.0468. The molecule has 1 aliphatic rings. The van der Waals surface area contributed by atoms with Crippen molar-refractivity contribution in [2.75, 3.05) is 13.1 Å². The molecule has 116 valence electrons. The molecule has 5 heteroatoms. The van der Waals surface area contributed by atoms with Crippen LogP contribution < -0.4 is 5.32 Å². The number of nitrogens with one attached hydrogen (secondary N) is 1. The number of nitrogens with zero attached hydrogens (tertiary/aromatic N) is 1. The van der Waals surface area contributed by atoms with Crippen LogP contribution in [0.2, 0.25) is 0 Å². The number of rotatable bonds is 6. The molecule has 1 heterocycles. The van der Waals surface area contributed by atoms with Gasteiger partial charge in [-0.3, -0.25) is 4.79 Å². The van der Waals surface area contributed by atoms with Crippen LogP contribution in [0.3, 0.4) is 0 Å². The quantitative estimate of drug-likeness (QED) is 0.787. The summed E-state index contributed by atoms with van der Waals surface area (Å²) in [5, 5.41) is 11.9. The van der Waals surface area contributed by atoms with Crippen molar-refractivity contribution in [3.8, 4) is 0 Å². The Hall–Kier alpha value is -1.26. The van der Waals surface area contributed by atoms with Gasteiger partial charge in [0, 0.05) is 19.1 Å². The molecular formula is C15H28N2O3. The molecule has 0 aromatic rings. The van der Waals surface area contributed by atoms with Gasteiger partial charge in [0.1, 0.15) is 0 Å². The normalized spacial score (nSPS) is 19.1. The van der Waals surface area contributed by atoms with Crippen molar-refractivity contribution in [2.24, 2.45) is 17.8 Å². The lowest BCUT2D eigenvalue weighted by Crippen LogP contribution is -2.45. The molecule has 1 aliphatic heterocycles. The van der Waals surface area contributed by atoms with Gasteiger partial charge in [-0.15, -0.1) is 0 Å². The van der Waals surface area contributed by atoms with Crippen LogP contribution in [0.15, 0.2) is 0 Å². The topological polar surface area (TPSA) is 69.6 Å². The number of carboxylic acids is 1. The molecule has 1 saturated heterocycles. The predicted octanol–water partition coefficient (Wildman–Crippen LogP) is 2.56. The molecule has 2 amide bonds. The molecule has 0 aromatic carbocycles. The van der Waals surface area contributed by atoms with Crippen molar-refractivity contribution < 1.29 is 14.7 Å². The average molecular weight is 284 g/mol. The van der Waals surface area contributed by atoms with Gasteiger partial charge in [-0.1, -0.05) is 27.7 Å². The Labute approximate surface area is 121 Å². The first-order valence-corrected chi connectivity index (χ1v) is 7.59. The van der Waals surface area contributed by atoms with Gasteiger partial charge in [0.25, 0.3) is 0 Å². The number of amides is 2. The van der Waals surface area contributed by atoms with E-state index in [0.29, 0.717) is 30.8 Å². The molecule has 0 aromatic heterocycles. The van der Waals surface area contributed by atoms with Crippen LogP contribution in [-0.4, -0.2) is 41.1 Å². The molecule has 0 radical (unpaired) electrons. The minimum Gasteiger partial charge on any atom is -0.481 e. The van der Waals surface area contributed by atoms with Crippen molar-refractivity contribution in [1.29, 1.82) is 0 Å².